The SMILES string of the molecule is CC1(C)C(=O)NCCNCCNC1=O. The van der Waals surface area contributed by atoms with Crippen molar-refractivity contribution in [1.82, 2.24) is 16.0 Å². The Balaban J connectivity index is 2.67. The lowest BCUT2D eigenvalue weighted by atomic mass is 9.91. The van der Waals surface area contributed by atoms with Crippen LogP contribution in [0.15, 0.2) is 0 Å². The first kappa shape index (κ1) is 11.0. The Morgan fingerprint density at radius 2 is 1.36 bits per heavy atom. The maximum absolute atomic E-state index is 11.6. The molecule has 0 aromatic carbocycles. The molecule has 0 aromatic heterocycles. The summed E-state index contributed by atoms with van der Waals surface area (Å²) in [7, 11) is 0. The summed E-state index contributed by atoms with van der Waals surface area (Å²) in [5, 5.41) is 8.52. The highest BCUT2D eigenvalue weighted by Gasteiger charge is 2.35. The highest BCUT2D eigenvalue weighted by atomic mass is 16.2. The predicted molar refractivity (Wildman–Crippen MR) is 52.7 cm³/mol. The van der Waals surface area contributed by atoms with Crippen LogP contribution in [0.25, 0.3) is 0 Å². The fourth-order valence-electron chi connectivity index (χ4n) is 1.20. The zero-order valence-electron chi connectivity index (χ0n) is 8.64. The largest absolute Gasteiger partial charge is 0.354 e. The molecule has 5 heteroatoms. The first-order valence-corrected chi connectivity index (χ1v) is 4.82. The first-order valence-electron chi connectivity index (χ1n) is 4.82. The van der Waals surface area contributed by atoms with E-state index in [1.165, 1.54) is 0 Å². The maximum Gasteiger partial charge on any atom is 0.235 e. The van der Waals surface area contributed by atoms with Gasteiger partial charge in [-0.1, -0.05) is 0 Å². The zero-order valence-corrected chi connectivity index (χ0v) is 8.64. The minimum atomic E-state index is -0.975. The second-order valence-corrected chi connectivity index (χ2v) is 3.89. The second-order valence-electron chi connectivity index (χ2n) is 3.89. The molecule has 0 saturated carbocycles. The molecular formula is C9H17N3O2. The van der Waals surface area contributed by atoms with Crippen LogP contribution in [-0.4, -0.2) is 38.0 Å². The number of carbonyl (C=O) groups excluding carboxylic acids is 2. The van der Waals surface area contributed by atoms with E-state index in [-0.39, 0.29) is 11.8 Å². The summed E-state index contributed by atoms with van der Waals surface area (Å²) in [6.45, 7) is 5.86. The zero-order chi connectivity index (χ0) is 10.6. The third-order valence-electron chi connectivity index (χ3n) is 2.31. The summed E-state index contributed by atoms with van der Waals surface area (Å²) in [6.07, 6.45) is 0. The summed E-state index contributed by atoms with van der Waals surface area (Å²) in [5.74, 6) is -0.447. The molecule has 0 aliphatic carbocycles. The smallest absolute Gasteiger partial charge is 0.235 e. The molecule has 0 bridgehead atoms. The molecule has 1 heterocycles. The Kier molecular flexibility index (Phi) is 3.46. The van der Waals surface area contributed by atoms with Gasteiger partial charge in [-0.25, -0.2) is 0 Å². The van der Waals surface area contributed by atoms with Gasteiger partial charge in [0.25, 0.3) is 0 Å². The van der Waals surface area contributed by atoms with E-state index in [9.17, 15) is 9.59 Å². The van der Waals surface area contributed by atoms with Crippen LogP contribution in [0.4, 0.5) is 0 Å². The van der Waals surface area contributed by atoms with Crippen LogP contribution >= 0.6 is 0 Å². The highest BCUT2D eigenvalue weighted by molar-refractivity contribution is 6.04. The van der Waals surface area contributed by atoms with Crippen LogP contribution in [0.3, 0.4) is 0 Å². The molecule has 3 N–H and O–H groups in total. The number of carbonyl (C=O) groups is 2. The predicted octanol–water partition coefficient (Wildman–Crippen LogP) is -1.15. The van der Waals surface area contributed by atoms with Crippen LogP contribution < -0.4 is 16.0 Å². The monoisotopic (exact) mass is 199 g/mol. The van der Waals surface area contributed by atoms with Crippen molar-refractivity contribution >= 4 is 11.8 Å². The molecule has 0 spiro atoms. The minimum absolute atomic E-state index is 0.223. The molecule has 0 atom stereocenters. The number of rotatable bonds is 0. The first-order chi connectivity index (χ1) is 6.55. The lowest BCUT2D eigenvalue weighted by Gasteiger charge is -2.24. The van der Waals surface area contributed by atoms with E-state index in [2.05, 4.69) is 16.0 Å². The van der Waals surface area contributed by atoms with Gasteiger partial charge in [0.15, 0.2) is 0 Å². The van der Waals surface area contributed by atoms with Crippen LogP contribution in [-0.2, 0) is 9.59 Å². The molecule has 1 saturated heterocycles. The molecule has 1 aliphatic rings. The topological polar surface area (TPSA) is 70.2 Å². The standard InChI is InChI=1S/C9H17N3O2/c1-9(2)7(13)11-5-3-10-4-6-12-8(9)14/h10H,3-6H2,1-2H3,(H,11,13)(H,12,14). The van der Waals surface area contributed by atoms with Gasteiger partial charge in [0.2, 0.25) is 11.8 Å². The molecule has 2 amide bonds. The molecule has 0 radical (unpaired) electrons. The summed E-state index contributed by atoms with van der Waals surface area (Å²) in [5.41, 5.74) is -0.975. The van der Waals surface area contributed by atoms with Crippen LogP contribution in [0.5, 0.6) is 0 Å². The van der Waals surface area contributed by atoms with Gasteiger partial charge >= 0.3 is 0 Å². The third kappa shape index (κ3) is 2.45. The third-order valence-corrected chi connectivity index (χ3v) is 2.31. The van der Waals surface area contributed by atoms with Crippen molar-refractivity contribution in [2.24, 2.45) is 5.41 Å². The van der Waals surface area contributed by atoms with Crippen LogP contribution in [0.1, 0.15) is 13.8 Å². The molecule has 0 unspecified atom stereocenters. The Morgan fingerprint density at radius 1 is 0.929 bits per heavy atom. The molecule has 1 rings (SSSR count). The Morgan fingerprint density at radius 3 is 1.79 bits per heavy atom. The average molecular weight is 199 g/mol. The van der Waals surface area contributed by atoms with Crippen LogP contribution in [0.2, 0.25) is 0 Å². The van der Waals surface area contributed by atoms with Gasteiger partial charge < -0.3 is 16.0 Å². The minimum Gasteiger partial charge on any atom is -0.354 e. The molecular weight excluding hydrogens is 182 g/mol. The molecule has 1 fully saturated rings. The van der Waals surface area contributed by atoms with E-state index in [0.29, 0.717) is 13.1 Å². The van der Waals surface area contributed by atoms with E-state index < -0.39 is 5.41 Å². The van der Waals surface area contributed by atoms with Crippen molar-refractivity contribution in [3.8, 4) is 0 Å². The van der Waals surface area contributed by atoms with Crippen molar-refractivity contribution in [1.29, 1.82) is 0 Å². The van der Waals surface area contributed by atoms with Gasteiger partial charge in [0.05, 0.1) is 0 Å². The van der Waals surface area contributed by atoms with Crippen molar-refractivity contribution in [2.75, 3.05) is 26.2 Å². The van der Waals surface area contributed by atoms with Gasteiger partial charge in [0.1, 0.15) is 5.41 Å². The van der Waals surface area contributed by atoms with Gasteiger partial charge in [-0.15, -0.1) is 0 Å². The lowest BCUT2D eigenvalue weighted by molar-refractivity contribution is -0.141. The normalized spacial score (nSPS) is 23.6. The Bertz CT molecular complexity index is 216. The fraction of sp³-hybridized carbons (Fsp3) is 0.778. The highest BCUT2D eigenvalue weighted by Crippen LogP contribution is 2.14. The van der Waals surface area contributed by atoms with E-state index in [1.807, 2.05) is 0 Å². The number of hydrogen-bond acceptors (Lipinski definition) is 3. The maximum atomic E-state index is 11.6. The second kappa shape index (κ2) is 4.41. The van der Waals surface area contributed by atoms with Gasteiger partial charge in [0, 0.05) is 26.2 Å². The molecule has 0 aromatic rings. The molecule has 1 aliphatic heterocycles. The molecule has 80 valence electrons. The summed E-state index contributed by atoms with van der Waals surface area (Å²) in [6, 6.07) is 0. The summed E-state index contributed by atoms with van der Waals surface area (Å²) in [4.78, 5) is 23.1. The lowest BCUT2D eigenvalue weighted by Crippen LogP contribution is -2.51. The number of hydrogen-bond donors (Lipinski definition) is 3. The van der Waals surface area contributed by atoms with Crippen molar-refractivity contribution in [3.05, 3.63) is 0 Å². The summed E-state index contributed by atoms with van der Waals surface area (Å²) >= 11 is 0. The van der Waals surface area contributed by atoms with E-state index >= 15 is 0 Å². The summed E-state index contributed by atoms with van der Waals surface area (Å²) < 4.78 is 0. The van der Waals surface area contributed by atoms with E-state index in [4.69, 9.17) is 0 Å². The van der Waals surface area contributed by atoms with Crippen molar-refractivity contribution in [3.63, 3.8) is 0 Å². The average Bonchev–Trinajstić information content (AvgIpc) is 2.14. The van der Waals surface area contributed by atoms with Gasteiger partial charge in [-0.3, -0.25) is 9.59 Å². The van der Waals surface area contributed by atoms with Crippen molar-refractivity contribution < 1.29 is 9.59 Å². The molecule has 14 heavy (non-hydrogen) atoms. The fourth-order valence-corrected chi connectivity index (χ4v) is 1.20. The van der Waals surface area contributed by atoms with Gasteiger partial charge in [-0.2, -0.15) is 0 Å². The van der Waals surface area contributed by atoms with Gasteiger partial charge in [-0.05, 0) is 13.8 Å². The van der Waals surface area contributed by atoms with Crippen LogP contribution in [0, 0.1) is 5.41 Å². The molecule has 5 nitrogen and oxygen atoms in total. The Hall–Kier alpha value is -1.10. The number of nitrogens with one attached hydrogen (secondary N) is 3. The van der Waals surface area contributed by atoms with E-state index in [1.54, 1.807) is 13.8 Å². The Labute approximate surface area is 83.6 Å². The van der Waals surface area contributed by atoms with E-state index in [0.717, 1.165) is 13.1 Å². The van der Waals surface area contributed by atoms with Crippen molar-refractivity contribution in [2.45, 2.75) is 13.8 Å². The number of amides is 2. The quantitative estimate of drug-likeness (QED) is 0.431.